The maximum absolute atomic E-state index is 6.37. The monoisotopic (exact) mass is 319 g/mol. The Bertz CT molecular complexity index is 795. The van der Waals surface area contributed by atoms with Crippen LogP contribution in [0.5, 0.6) is 0 Å². The minimum atomic E-state index is -0.0933. The van der Waals surface area contributed by atoms with Crippen LogP contribution in [0.4, 0.5) is 0 Å². The summed E-state index contributed by atoms with van der Waals surface area (Å²) in [5.74, 6) is 0.820. The van der Waals surface area contributed by atoms with E-state index in [0.717, 1.165) is 32.9 Å². The minimum absolute atomic E-state index is 0.0933. The Morgan fingerprint density at radius 3 is 2.57 bits per heavy atom. The Labute approximate surface area is 133 Å². The van der Waals surface area contributed by atoms with Crippen LogP contribution in [0, 0.1) is 6.92 Å². The van der Waals surface area contributed by atoms with Gasteiger partial charge in [0.1, 0.15) is 11.3 Å². The van der Waals surface area contributed by atoms with Crippen molar-refractivity contribution < 1.29 is 4.42 Å². The average Bonchev–Trinajstić information content (AvgIpc) is 2.84. The summed E-state index contributed by atoms with van der Waals surface area (Å²) >= 11 is 12.4. The predicted molar refractivity (Wildman–Crippen MR) is 88.3 cm³/mol. The molecule has 4 heteroatoms. The molecule has 1 aromatic heterocycles. The van der Waals surface area contributed by atoms with Crippen LogP contribution in [-0.4, -0.2) is 7.05 Å². The highest BCUT2D eigenvalue weighted by Gasteiger charge is 2.19. The zero-order valence-electron chi connectivity index (χ0n) is 11.8. The van der Waals surface area contributed by atoms with Gasteiger partial charge in [0, 0.05) is 15.4 Å². The van der Waals surface area contributed by atoms with E-state index in [4.69, 9.17) is 27.6 Å². The number of halogens is 2. The van der Waals surface area contributed by atoms with Crippen molar-refractivity contribution in [3.8, 4) is 0 Å². The number of fused-ring (bicyclic) bond motifs is 1. The zero-order valence-corrected chi connectivity index (χ0v) is 13.3. The summed E-state index contributed by atoms with van der Waals surface area (Å²) < 4.78 is 5.94. The van der Waals surface area contributed by atoms with Crippen molar-refractivity contribution in [1.29, 1.82) is 0 Å². The van der Waals surface area contributed by atoms with Gasteiger partial charge in [0.15, 0.2) is 0 Å². The van der Waals surface area contributed by atoms with E-state index < -0.39 is 0 Å². The molecule has 21 heavy (non-hydrogen) atoms. The van der Waals surface area contributed by atoms with E-state index in [0.29, 0.717) is 5.02 Å². The van der Waals surface area contributed by atoms with Crippen LogP contribution in [0.2, 0.25) is 10.0 Å². The Hall–Kier alpha value is -1.48. The van der Waals surface area contributed by atoms with Crippen LogP contribution in [-0.2, 0) is 0 Å². The SMILES string of the molecule is CNC(c1cc2cc(Cl)ccc2o1)c1ccc(C)cc1Cl. The van der Waals surface area contributed by atoms with Gasteiger partial charge in [-0.15, -0.1) is 0 Å². The molecule has 0 amide bonds. The molecule has 1 N–H and O–H groups in total. The first-order chi connectivity index (χ1) is 10.1. The fourth-order valence-corrected chi connectivity index (χ4v) is 3.02. The Balaban J connectivity index is 2.09. The van der Waals surface area contributed by atoms with Gasteiger partial charge in [-0.05, 0) is 55.4 Å². The topological polar surface area (TPSA) is 25.2 Å². The van der Waals surface area contributed by atoms with E-state index in [2.05, 4.69) is 5.32 Å². The van der Waals surface area contributed by atoms with Crippen molar-refractivity contribution in [2.24, 2.45) is 0 Å². The number of benzene rings is 2. The number of rotatable bonds is 3. The first kappa shape index (κ1) is 14.5. The number of aryl methyl sites for hydroxylation is 1. The third-order valence-electron chi connectivity index (χ3n) is 3.54. The molecule has 0 saturated carbocycles. The number of hydrogen-bond donors (Lipinski definition) is 1. The Morgan fingerprint density at radius 2 is 1.86 bits per heavy atom. The van der Waals surface area contributed by atoms with E-state index in [-0.39, 0.29) is 6.04 Å². The molecule has 0 fully saturated rings. The zero-order chi connectivity index (χ0) is 15.0. The molecule has 0 spiro atoms. The van der Waals surface area contributed by atoms with E-state index in [9.17, 15) is 0 Å². The molecule has 0 bridgehead atoms. The van der Waals surface area contributed by atoms with E-state index in [1.807, 2.05) is 56.4 Å². The second-order valence-electron chi connectivity index (χ2n) is 5.08. The molecule has 108 valence electrons. The van der Waals surface area contributed by atoms with E-state index in [1.54, 1.807) is 0 Å². The largest absolute Gasteiger partial charge is 0.459 e. The van der Waals surface area contributed by atoms with Crippen molar-refractivity contribution in [3.63, 3.8) is 0 Å². The molecule has 2 nitrogen and oxygen atoms in total. The molecule has 1 atom stereocenters. The lowest BCUT2D eigenvalue weighted by Crippen LogP contribution is -2.17. The molecular weight excluding hydrogens is 305 g/mol. The van der Waals surface area contributed by atoms with Crippen LogP contribution in [0.25, 0.3) is 11.0 Å². The van der Waals surface area contributed by atoms with Gasteiger partial charge in [-0.2, -0.15) is 0 Å². The van der Waals surface area contributed by atoms with E-state index in [1.165, 1.54) is 0 Å². The first-order valence-electron chi connectivity index (χ1n) is 6.71. The summed E-state index contributed by atoms with van der Waals surface area (Å²) in [6.07, 6.45) is 0. The third kappa shape index (κ3) is 2.80. The normalized spacial score (nSPS) is 12.8. The molecule has 0 radical (unpaired) electrons. The Kier molecular flexibility index (Phi) is 3.94. The van der Waals surface area contributed by atoms with Crippen molar-refractivity contribution in [3.05, 3.63) is 69.4 Å². The quantitative estimate of drug-likeness (QED) is 0.703. The molecule has 0 aliphatic rings. The second-order valence-corrected chi connectivity index (χ2v) is 5.92. The summed E-state index contributed by atoms with van der Waals surface area (Å²) in [5, 5.41) is 5.67. The highest BCUT2D eigenvalue weighted by Crippen LogP contribution is 2.33. The van der Waals surface area contributed by atoms with Crippen molar-refractivity contribution in [1.82, 2.24) is 5.32 Å². The molecule has 1 heterocycles. The molecular formula is C17H15Cl2NO. The maximum Gasteiger partial charge on any atom is 0.134 e. The Morgan fingerprint density at radius 1 is 1.05 bits per heavy atom. The van der Waals surface area contributed by atoms with Gasteiger partial charge in [-0.3, -0.25) is 0 Å². The molecule has 3 rings (SSSR count). The highest BCUT2D eigenvalue weighted by molar-refractivity contribution is 6.31. The van der Waals surface area contributed by atoms with Crippen molar-refractivity contribution in [2.75, 3.05) is 7.05 Å². The summed E-state index contributed by atoms with van der Waals surface area (Å²) in [6, 6.07) is 13.5. The second kappa shape index (κ2) is 5.72. The summed E-state index contributed by atoms with van der Waals surface area (Å²) in [6.45, 7) is 2.02. The lowest BCUT2D eigenvalue weighted by atomic mass is 10.0. The summed E-state index contributed by atoms with van der Waals surface area (Å²) in [4.78, 5) is 0. The van der Waals surface area contributed by atoms with Crippen LogP contribution in [0.3, 0.4) is 0 Å². The van der Waals surface area contributed by atoms with Crippen LogP contribution in [0.15, 0.2) is 46.9 Å². The fourth-order valence-electron chi connectivity index (χ4n) is 2.49. The highest BCUT2D eigenvalue weighted by atomic mass is 35.5. The van der Waals surface area contributed by atoms with Gasteiger partial charge in [0.25, 0.3) is 0 Å². The first-order valence-corrected chi connectivity index (χ1v) is 7.46. The van der Waals surface area contributed by atoms with E-state index >= 15 is 0 Å². The molecule has 3 aromatic rings. The van der Waals surface area contributed by atoms with Gasteiger partial charge in [0.2, 0.25) is 0 Å². The lowest BCUT2D eigenvalue weighted by Gasteiger charge is -2.16. The molecule has 0 aliphatic carbocycles. The average molecular weight is 320 g/mol. The maximum atomic E-state index is 6.37. The van der Waals surface area contributed by atoms with Crippen molar-refractivity contribution in [2.45, 2.75) is 13.0 Å². The van der Waals surface area contributed by atoms with Gasteiger partial charge in [-0.25, -0.2) is 0 Å². The van der Waals surface area contributed by atoms with Gasteiger partial charge in [0.05, 0.1) is 6.04 Å². The van der Waals surface area contributed by atoms with Crippen LogP contribution < -0.4 is 5.32 Å². The number of hydrogen-bond acceptors (Lipinski definition) is 2. The summed E-state index contributed by atoms with van der Waals surface area (Å²) in [7, 11) is 1.89. The third-order valence-corrected chi connectivity index (χ3v) is 4.10. The minimum Gasteiger partial charge on any atom is -0.459 e. The molecule has 0 aliphatic heterocycles. The van der Waals surface area contributed by atoms with Gasteiger partial charge < -0.3 is 9.73 Å². The van der Waals surface area contributed by atoms with Gasteiger partial charge >= 0.3 is 0 Å². The summed E-state index contributed by atoms with van der Waals surface area (Å²) in [5.41, 5.74) is 2.95. The smallest absolute Gasteiger partial charge is 0.134 e. The van der Waals surface area contributed by atoms with Gasteiger partial charge in [-0.1, -0.05) is 35.3 Å². The fraction of sp³-hybridized carbons (Fsp3) is 0.176. The molecule has 0 saturated heterocycles. The number of furan rings is 1. The number of nitrogens with one attached hydrogen (secondary N) is 1. The van der Waals surface area contributed by atoms with Crippen LogP contribution in [0.1, 0.15) is 22.9 Å². The lowest BCUT2D eigenvalue weighted by molar-refractivity contribution is 0.491. The predicted octanol–water partition coefficient (Wildman–Crippen LogP) is 5.36. The molecule has 2 aromatic carbocycles. The van der Waals surface area contributed by atoms with Crippen molar-refractivity contribution >= 4 is 34.2 Å². The standard InChI is InChI=1S/C17H15Cl2NO/c1-10-3-5-13(14(19)7-10)17(20-2)16-9-11-8-12(18)4-6-15(11)21-16/h3-9,17,20H,1-2H3. The molecule has 1 unspecified atom stereocenters. The van der Waals surface area contributed by atoms with Crippen LogP contribution >= 0.6 is 23.2 Å².